The number of amides is 1. The van der Waals surface area contributed by atoms with E-state index in [-0.39, 0.29) is 12.1 Å². The van der Waals surface area contributed by atoms with Crippen molar-refractivity contribution in [3.8, 4) is 0 Å². The molecule has 0 heterocycles. The lowest BCUT2D eigenvalue weighted by Gasteiger charge is -2.07. The van der Waals surface area contributed by atoms with E-state index >= 15 is 0 Å². The molecule has 0 aliphatic rings. The first-order valence-corrected chi connectivity index (χ1v) is 6.32. The van der Waals surface area contributed by atoms with Crippen LogP contribution in [0.3, 0.4) is 0 Å². The Labute approximate surface area is 124 Å². The molecule has 0 fully saturated rings. The van der Waals surface area contributed by atoms with Crippen LogP contribution in [0.25, 0.3) is 0 Å². The molecule has 0 aromatic heterocycles. The van der Waals surface area contributed by atoms with Gasteiger partial charge in [-0.15, -0.1) is 0 Å². The summed E-state index contributed by atoms with van der Waals surface area (Å²) in [4.78, 5) is 21.5. The zero-order valence-corrected chi connectivity index (χ0v) is 11.4. The molecular formula is C14H10ClFN2O3. The van der Waals surface area contributed by atoms with Crippen LogP contribution < -0.4 is 5.32 Å². The first-order valence-electron chi connectivity index (χ1n) is 5.94. The van der Waals surface area contributed by atoms with Gasteiger partial charge >= 0.3 is 5.69 Å². The highest BCUT2D eigenvalue weighted by molar-refractivity contribution is 6.31. The number of carbonyl (C=O) groups excluding carboxylic acids is 1. The predicted molar refractivity (Wildman–Crippen MR) is 75.7 cm³/mol. The van der Waals surface area contributed by atoms with E-state index in [0.717, 1.165) is 17.7 Å². The first-order chi connectivity index (χ1) is 9.99. The second kappa shape index (κ2) is 6.32. The zero-order chi connectivity index (χ0) is 15.4. The molecule has 1 amide bonds. The van der Waals surface area contributed by atoms with Crippen LogP contribution in [0.1, 0.15) is 15.9 Å². The Balaban J connectivity index is 2.09. The van der Waals surface area contributed by atoms with Gasteiger partial charge in [0.2, 0.25) is 5.82 Å². The van der Waals surface area contributed by atoms with Crippen molar-refractivity contribution < 1.29 is 14.1 Å². The number of nitro benzene ring substituents is 1. The van der Waals surface area contributed by atoms with Crippen molar-refractivity contribution in [2.75, 3.05) is 0 Å². The minimum absolute atomic E-state index is 0.00477. The number of carbonyl (C=O) groups is 1. The molecule has 0 aliphatic carbocycles. The van der Waals surface area contributed by atoms with E-state index in [1.54, 1.807) is 24.3 Å². The molecule has 0 aliphatic heterocycles. The molecular weight excluding hydrogens is 299 g/mol. The topological polar surface area (TPSA) is 72.2 Å². The van der Waals surface area contributed by atoms with Crippen molar-refractivity contribution in [3.05, 3.63) is 74.5 Å². The molecule has 0 unspecified atom stereocenters. The predicted octanol–water partition coefficient (Wildman–Crippen LogP) is 3.32. The van der Waals surface area contributed by atoms with Gasteiger partial charge in [-0.05, 0) is 23.8 Å². The summed E-state index contributed by atoms with van der Waals surface area (Å²) in [5.74, 6) is -1.59. The van der Waals surface area contributed by atoms with E-state index in [0.29, 0.717) is 5.02 Å². The smallest absolute Gasteiger partial charge is 0.304 e. The number of hydrogen-bond donors (Lipinski definition) is 1. The highest BCUT2D eigenvalue weighted by Crippen LogP contribution is 2.18. The average Bonchev–Trinajstić information content (AvgIpc) is 2.45. The zero-order valence-electron chi connectivity index (χ0n) is 10.7. The second-order valence-corrected chi connectivity index (χ2v) is 4.60. The third-order valence-corrected chi connectivity index (χ3v) is 3.17. The third-order valence-electron chi connectivity index (χ3n) is 2.80. The summed E-state index contributed by atoms with van der Waals surface area (Å²) in [6.07, 6.45) is 0. The lowest BCUT2D eigenvalue weighted by atomic mass is 10.1. The lowest BCUT2D eigenvalue weighted by Crippen LogP contribution is -2.23. The molecule has 21 heavy (non-hydrogen) atoms. The molecule has 7 heteroatoms. The molecule has 0 saturated heterocycles. The standard InChI is InChI=1S/C14H10ClFN2O3/c15-11-4-2-1-3-10(11)8-17-14(19)9-5-6-13(18(20)21)12(16)7-9/h1-7H,8H2,(H,17,19). The van der Waals surface area contributed by atoms with Gasteiger partial charge in [-0.2, -0.15) is 4.39 Å². The summed E-state index contributed by atoms with van der Waals surface area (Å²) >= 11 is 5.95. The highest BCUT2D eigenvalue weighted by atomic mass is 35.5. The molecule has 5 nitrogen and oxygen atoms in total. The summed E-state index contributed by atoms with van der Waals surface area (Å²) in [7, 11) is 0. The molecule has 0 radical (unpaired) electrons. The fourth-order valence-electron chi connectivity index (χ4n) is 1.72. The van der Waals surface area contributed by atoms with Crippen molar-refractivity contribution in [1.82, 2.24) is 5.32 Å². The van der Waals surface area contributed by atoms with Crippen molar-refractivity contribution in [3.63, 3.8) is 0 Å². The van der Waals surface area contributed by atoms with Gasteiger partial charge in [-0.3, -0.25) is 14.9 Å². The molecule has 0 saturated carbocycles. The minimum atomic E-state index is -1.05. The van der Waals surface area contributed by atoms with Crippen molar-refractivity contribution in [2.45, 2.75) is 6.54 Å². The summed E-state index contributed by atoms with van der Waals surface area (Å²) in [5.41, 5.74) is 0.0534. The van der Waals surface area contributed by atoms with Crippen LogP contribution in [0.2, 0.25) is 5.02 Å². The number of nitro groups is 1. The first kappa shape index (κ1) is 14.9. The molecule has 0 bridgehead atoms. The molecule has 2 aromatic carbocycles. The van der Waals surface area contributed by atoms with E-state index in [9.17, 15) is 19.3 Å². The van der Waals surface area contributed by atoms with Crippen LogP contribution in [0.15, 0.2) is 42.5 Å². The fraction of sp³-hybridized carbons (Fsp3) is 0.0714. The molecule has 2 aromatic rings. The van der Waals surface area contributed by atoms with E-state index < -0.39 is 22.3 Å². The van der Waals surface area contributed by atoms with Crippen molar-refractivity contribution >= 4 is 23.2 Å². The normalized spacial score (nSPS) is 10.2. The van der Waals surface area contributed by atoms with Gasteiger partial charge in [-0.1, -0.05) is 29.8 Å². The van der Waals surface area contributed by atoms with Gasteiger partial charge in [0.25, 0.3) is 5.91 Å². The largest absolute Gasteiger partial charge is 0.348 e. The lowest BCUT2D eigenvalue weighted by molar-refractivity contribution is -0.387. The molecule has 108 valence electrons. The van der Waals surface area contributed by atoms with Gasteiger partial charge in [0.1, 0.15) is 0 Å². The second-order valence-electron chi connectivity index (χ2n) is 4.20. The average molecular weight is 309 g/mol. The SMILES string of the molecule is O=C(NCc1ccccc1Cl)c1ccc([N+](=O)[O-])c(F)c1. The van der Waals surface area contributed by atoms with Crippen LogP contribution >= 0.6 is 11.6 Å². The number of rotatable bonds is 4. The minimum Gasteiger partial charge on any atom is -0.348 e. The Kier molecular flexibility index (Phi) is 4.49. The molecule has 2 rings (SSSR count). The Morgan fingerprint density at radius 2 is 2.00 bits per heavy atom. The van der Waals surface area contributed by atoms with Gasteiger partial charge in [0, 0.05) is 23.2 Å². The monoisotopic (exact) mass is 308 g/mol. The fourth-order valence-corrected chi connectivity index (χ4v) is 1.92. The summed E-state index contributed by atoms with van der Waals surface area (Å²) in [6, 6.07) is 9.97. The molecule has 1 N–H and O–H groups in total. The van der Waals surface area contributed by atoms with E-state index in [2.05, 4.69) is 5.32 Å². The summed E-state index contributed by atoms with van der Waals surface area (Å²) in [5, 5.41) is 13.6. The summed E-state index contributed by atoms with van der Waals surface area (Å²) < 4.78 is 13.4. The summed E-state index contributed by atoms with van der Waals surface area (Å²) in [6.45, 7) is 0.178. The van der Waals surface area contributed by atoms with Crippen molar-refractivity contribution in [1.29, 1.82) is 0 Å². The Morgan fingerprint density at radius 1 is 1.29 bits per heavy atom. The molecule has 0 atom stereocenters. The van der Waals surface area contributed by atoms with Gasteiger partial charge in [0.05, 0.1) is 4.92 Å². The highest BCUT2D eigenvalue weighted by Gasteiger charge is 2.16. The maximum absolute atomic E-state index is 13.4. The van der Waals surface area contributed by atoms with Crippen LogP contribution in [-0.4, -0.2) is 10.8 Å². The van der Waals surface area contributed by atoms with Gasteiger partial charge in [-0.25, -0.2) is 0 Å². The Morgan fingerprint density at radius 3 is 2.62 bits per heavy atom. The Bertz CT molecular complexity index is 706. The van der Waals surface area contributed by atoms with E-state index in [4.69, 9.17) is 11.6 Å². The maximum Gasteiger partial charge on any atom is 0.304 e. The van der Waals surface area contributed by atoms with Crippen LogP contribution in [0.5, 0.6) is 0 Å². The number of nitrogens with zero attached hydrogens (tertiary/aromatic N) is 1. The van der Waals surface area contributed by atoms with Crippen LogP contribution in [0, 0.1) is 15.9 Å². The number of nitrogens with one attached hydrogen (secondary N) is 1. The Hall–Kier alpha value is -2.47. The quantitative estimate of drug-likeness (QED) is 0.695. The van der Waals surface area contributed by atoms with Gasteiger partial charge in [0.15, 0.2) is 0 Å². The van der Waals surface area contributed by atoms with Crippen LogP contribution in [0.4, 0.5) is 10.1 Å². The molecule has 0 spiro atoms. The number of hydrogen-bond acceptors (Lipinski definition) is 3. The number of benzene rings is 2. The van der Waals surface area contributed by atoms with E-state index in [1.165, 1.54) is 6.07 Å². The maximum atomic E-state index is 13.4. The van der Waals surface area contributed by atoms with Crippen LogP contribution in [-0.2, 0) is 6.54 Å². The van der Waals surface area contributed by atoms with Gasteiger partial charge < -0.3 is 5.32 Å². The van der Waals surface area contributed by atoms with E-state index in [1.807, 2.05) is 0 Å². The number of halogens is 2. The third kappa shape index (κ3) is 3.55. The van der Waals surface area contributed by atoms with Crippen molar-refractivity contribution in [2.24, 2.45) is 0 Å².